The first-order valence-corrected chi connectivity index (χ1v) is 6.43. The van der Waals surface area contributed by atoms with E-state index in [1.807, 2.05) is 0 Å². The van der Waals surface area contributed by atoms with Crippen molar-refractivity contribution in [2.45, 2.75) is 18.8 Å². The summed E-state index contributed by atoms with van der Waals surface area (Å²) < 4.78 is 77.3. The Morgan fingerprint density at radius 2 is 1.48 bits per heavy atom. The number of aldehydes is 1. The van der Waals surface area contributed by atoms with Crippen molar-refractivity contribution in [2.24, 2.45) is 0 Å². The standard InChI is InChI=1S/C16H10F6O/c17-15(18,19)13-5-6-14(16(20,21)22)12(8-13)7-10-3-1-2-4-11(10)9-23/h1-6,8-9H,7H2. The maximum Gasteiger partial charge on any atom is 0.416 e. The molecule has 0 unspecified atom stereocenters. The second-order valence-corrected chi connectivity index (χ2v) is 4.86. The number of carbonyl (C=O) groups excluding carboxylic acids is 1. The molecule has 0 bridgehead atoms. The Labute approximate surface area is 127 Å². The molecule has 0 fully saturated rings. The zero-order valence-electron chi connectivity index (χ0n) is 11.5. The van der Waals surface area contributed by atoms with E-state index >= 15 is 0 Å². The SMILES string of the molecule is O=Cc1ccccc1Cc1cc(C(F)(F)F)ccc1C(F)(F)F. The molecule has 0 N–H and O–H groups in total. The van der Waals surface area contributed by atoms with Crippen molar-refractivity contribution in [3.05, 3.63) is 70.3 Å². The molecule has 0 aliphatic carbocycles. The third-order valence-electron chi connectivity index (χ3n) is 3.30. The smallest absolute Gasteiger partial charge is 0.298 e. The van der Waals surface area contributed by atoms with Crippen LogP contribution in [0.2, 0.25) is 0 Å². The molecule has 1 nitrogen and oxygen atoms in total. The van der Waals surface area contributed by atoms with Gasteiger partial charge in [0.2, 0.25) is 0 Å². The van der Waals surface area contributed by atoms with Gasteiger partial charge in [0.15, 0.2) is 0 Å². The van der Waals surface area contributed by atoms with Crippen LogP contribution in [0.3, 0.4) is 0 Å². The number of benzene rings is 2. The maximum absolute atomic E-state index is 13.0. The number of alkyl halides is 6. The highest BCUT2D eigenvalue weighted by atomic mass is 19.4. The van der Waals surface area contributed by atoms with E-state index in [4.69, 9.17) is 0 Å². The van der Waals surface area contributed by atoms with Gasteiger partial charge in [-0.2, -0.15) is 26.3 Å². The van der Waals surface area contributed by atoms with Crippen LogP contribution in [0, 0.1) is 0 Å². The molecule has 0 saturated carbocycles. The Bertz CT molecular complexity index is 715. The van der Waals surface area contributed by atoms with Crippen LogP contribution in [0.15, 0.2) is 42.5 Å². The number of hydrogen-bond acceptors (Lipinski definition) is 1. The van der Waals surface area contributed by atoms with Gasteiger partial charge in [0, 0.05) is 5.56 Å². The zero-order chi connectivity index (χ0) is 17.3. The maximum atomic E-state index is 13.0. The Hall–Kier alpha value is -2.31. The Morgan fingerprint density at radius 3 is 2.04 bits per heavy atom. The minimum atomic E-state index is -4.78. The van der Waals surface area contributed by atoms with Gasteiger partial charge in [0.05, 0.1) is 11.1 Å². The van der Waals surface area contributed by atoms with Crippen LogP contribution >= 0.6 is 0 Å². The molecule has 7 heteroatoms. The normalized spacial score (nSPS) is 12.3. The Kier molecular flexibility index (Phi) is 4.49. The fourth-order valence-corrected chi connectivity index (χ4v) is 2.21. The quantitative estimate of drug-likeness (QED) is 0.563. The average molecular weight is 332 g/mol. The molecular weight excluding hydrogens is 322 g/mol. The zero-order valence-corrected chi connectivity index (χ0v) is 11.5. The molecule has 0 aromatic heterocycles. The molecule has 2 aromatic rings. The molecule has 2 rings (SSSR count). The lowest BCUT2D eigenvalue weighted by molar-refractivity contribution is -0.141. The molecule has 0 aliphatic heterocycles. The van der Waals surface area contributed by atoms with E-state index < -0.39 is 35.5 Å². The van der Waals surface area contributed by atoms with Gasteiger partial charge >= 0.3 is 12.4 Å². The molecule has 0 spiro atoms. The Morgan fingerprint density at radius 1 is 0.826 bits per heavy atom. The summed E-state index contributed by atoms with van der Waals surface area (Å²) in [5.41, 5.74) is -2.47. The lowest BCUT2D eigenvalue weighted by Crippen LogP contribution is -2.13. The number of carbonyl (C=O) groups is 1. The van der Waals surface area contributed by atoms with Crippen LogP contribution in [0.25, 0.3) is 0 Å². The van der Waals surface area contributed by atoms with E-state index in [0.29, 0.717) is 24.5 Å². The second-order valence-electron chi connectivity index (χ2n) is 4.86. The molecule has 0 aliphatic rings. The molecule has 0 heterocycles. The molecular formula is C16H10F6O. The van der Waals surface area contributed by atoms with Crippen molar-refractivity contribution < 1.29 is 31.1 Å². The van der Waals surface area contributed by atoms with Crippen LogP contribution in [0.4, 0.5) is 26.3 Å². The van der Waals surface area contributed by atoms with E-state index in [-0.39, 0.29) is 11.1 Å². The highest BCUT2D eigenvalue weighted by molar-refractivity contribution is 5.77. The molecule has 23 heavy (non-hydrogen) atoms. The lowest BCUT2D eigenvalue weighted by Gasteiger charge is -2.16. The van der Waals surface area contributed by atoms with E-state index in [9.17, 15) is 31.1 Å². The summed E-state index contributed by atoms with van der Waals surface area (Å²) in [6, 6.07) is 7.12. The van der Waals surface area contributed by atoms with Crippen LogP contribution < -0.4 is 0 Å². The van der Waals surface area contributed by atoms with Gasteiger partial charge < -0.3 is 0 Å². The summed E-state index contributed by atoms with van der Waals surface area (Å²) in [4.78, 5) is 10.9. The molecule has 0 saturated heterocycles. The number of halogens is 6. The van der Waals surface area contributed by atoms with Crippen LogP contribution in [-0.4, -0.2) is 6.29 Å². The minimum Gasteiger partial charge on any atom is -0.298 e. The molecule has 2 aromatic carbocycles. The fourth-order valence-electron chi connectivity index (χ4n) is 2.21. The lowest BCUT2D eigenvalue weighted by atomic mass is 9.94. The first-order chi connectivity index (χ1) is 10.6. The van der Waals surface area contributed by atoms with Gasteiger partial charge in [0.25, 0.3) is 0 Å². The van der Waals surface area contributed by atoms with E-state index in [1.165, 1.54) is 24.3 Å². The van der Waals surface area contributed by atoms with Crippen molar-refractivity contribution in [1.29, 1.82) is 0 Å². The monoisotopic (exact) mass is 332 g/mol. The summed E-state index contributed by atoms with van der Waals surface area (Å²) in [6.45, 7) is 0. The van der Waals surface area contributed by atoms with Gasteiger partial charge in [-0.15, -0.1) is 0 Å². The van der Waals surface area contributed by atoms with Gasteiger partial charge in [-0.25, -0.2) is 0 Å². The van der Waals surface area contributed by atoms with Crippen molar-refractivity contribution in [3.63, 3.8) is 0 Å². The topological polar surface area (TPSA) is 17.1 Å². The van der Waals surface area contributed by atoms with Gasteiger partial charge in [-0.3, -0.25) is 4.79 Å². The summed E-state index contributed by atoms with van der Waals surface area (Å²) in [7, 11) is 0. The average Bonchev–Trinajstić information content (AvgIpc) is 2.45. The van der Waals surface area contributed by atoms with Crippen LogP contribution in [0.5, 0.6) is 0 Å². The van der Waals surface area contributed by atoms with E-state index in [1.54, 1.807) is 0 Å². The highest BCUT2D eigenvalue weighted by Crippen LogP contribution is 2.37. The van der Waals surface area contributed by atoms with Gasteiger partial charge in [-0.05, 0) is 35.7 Å². The summed E-state index contributed by atoms with van der Waals surface area (Å²) in [5, 5.41) is 0. The fraction of sp³-hybridized carbons (Fsp3) is 0.188. The van der Waals surface area contributed by atoms with Crippen molar-refractivity contribution in [2.75, 3.05) is 0 Å². The third kappa shape index (κ3) is 3.91. The molecule has 0 amide bonds. The molecule has 0 atom stereocenters. The third-order valence-corrected chi connectivity index (χ3v) is 3.30. The van der Waals surface area contributed by atoms with E-state index in [2.05, 4.69) is 0 Å². The number of rotatable bonds is 3. The first-order valence-electron chi connectivity index (χ1n) is 6.43. The molecule has 122 valence electrons. The predicted molar refractivity (Wildman–Crippen MR) is 71.1 cm³/mol. The van der Waals surface area contributed by atoms with Crippen LogP contribution in [-0.2, 0) is 18.8 Å². The van der Waals surface area contributed by atoms with E-state index in [0.717, 1.165) is 0 Å². The summed E-state index contributed by atoms with van der Waals surface area (Å²) in [6.07, 6.45) is -9.50. The largest absolute Gasteiger partial charge is 0.416 e. The van der Waals surface area contributed by atoms with Crippen molar-refractivity contribution >= 4 is 6.29 Å². The first kappa shape index (κ1) is 17.1. The summed E-state index contributed by atoms with van der Waals surface area (Å²) >= 11 is 0. The minimum absolute atomic E-state index is 0.137. The number of hydrogen-bond donors (Lipinski definition) is 0. The van der Waals surface area contributed by atoms with Crippen molar-refractivity contribution in [3.8, 4) is 0 Å². The Balaban J connectivity index is 2.56. The molecule has 0 radical (unpaired) electrons. The summed E-state index contributed by atoms with van der Waals surface area (Å²) in [5.74, 6) is 0. The van der Waals surface area contributed by atoms with Gasteiger partial charge in [0.1, 0.15) is 6.29 Å². The predicted octanol–water partition coefficient (Wildman–Crippen LogP) is 5.13. The van der Waals surface area contributed by atoms with Crippen LogP contribution in [0.1, 0.15) is 32.6 Å². The van der Waals surface area contributed by atoms with Crippen molar-refractivity contribution in [1.82, 2.24) is 0 Å². The second kappa shape index (κ2) is 6.06. The van der Waals surface area contributed by atoms with Gasteiger partial charge in [-0.1, -0.05) is 24.3 Å². The highest BCUT2D eigenvalue weighted by Gasteiger charge is 2.36.